The Kier molecular flexibility index (Phi) is 2.63. The molecule has 0 aliphatic heterocycles. The Labute approximate surface area is 90.1 Å². The van der Waals surface area contributed by atoms with Crippen LogP contribution in [0, 0.1) is 5.92 Å². The Morgan fingerprint density at radius 2 is 2.27 bits per heavy atom. The number of nitrogens with zero attached hydrogens (tertiary/aromatic N) is 3. The summed E-state index contributed by atoms with van der Waals surface area (Å²) in [6.45, 7) is 4.91. The predicted octanol–water partition coefficient (Wildman–Crippen LogP) is 0.842. The zero-order chi connectivity index (χ0) is 10.8. The lowest BCUT2D eigenvalue weighted by atomic mass is 10.2. The minimum absolute atomic E-state index is 0.250. The molecule has 0 aliphatic rings. The Morgan fingerprint density at radius 3 is 3.00 bits per heavy atom. The molecule has 0 unspecified atom stereocenters. The third-order valence-corrected chi connectivity index (χ3v) is 2.33. The number of hydrogen-bond acceptors (Lipinski definition) is 6. The van der Waals surface area contributed by atoms with Gasteiger partial charge in [-0.25, -0.2) is 0 Å². The van der Waals surface area contributed by atoms with Gasteiger partial charge in [-0.3, -0.25) is 9.78 Å². The monoisotopic (exact) mass is 225 g/mol. The average Bonchev–Trinajstić information content (AvgIpc) is 2.63. The number of anilines is 1. The first-order valence-corrected chi connectivity index (χ1v) is 5.36. The van der Waals surface area contributed by atoms with Crippen molar-refractivity contribution in [2.24, 2.45) is 5.92 Å². The molecule has 0 bridgehead atoms. The summed E-state index contributed by atoms with van der Waals surface area (Å²) in [5.41, 5.74) is 0.449. The van der Waals surface area contributed by atoms with Gasteiger partial charge in [-0.2, -0.15) is 13.7 Å². The highest BCUT2D eigenvalue weighted by molar-refractivity contribution is 7.00. The lowest BCUT2D eigenvalue weighted by molar-refractivity contribution is 0.684. The second-order valence-electron chi connectivity index (χ2n) is 3.63. The van der Waals surface area contributed by atoms with Crippen molar-refractivity contribution in [1.82, 2.24) is 18.7 Å². The van der Waals surface area contributed by atoms with Crippen LogP contribution in [0.4, 0.5) is 5.95 Å². The maximum Gasteiger partial charge on any atom is 0.281 e. The molecular weight excluding hydrogens is 214 g/mol. The standard InChI is InChI=1S/C8H11N5OS/c1-4(2)3-9-8-10-6-5(7(14)11-8)12-15-13-6/h4H,3H2,1-2H3,(H2,9,10,11,13,14). The molecule has 0 fully saturated rings. The molecule has 80 valence electrons. The zero-order valence-electron chi connectivity index (χ0n) is 8.44. The van der Waals surface area contributed by atoms with Crippen molar-refractivity contribution in [1.29, 1.82) is 0 Å². The third kappa shape index (κ3) is 2.12. The predicted molar refractivity (Wildman–Crippen MR) is 59.2 cm³/mol. The largest absolute Gasteiger partial charge is 0.355 e. The fraction of sp³-hybridized carbons (Fsp3) is 0.500. The van der Waals surface area contributed by atoms with Gasteiger partial charge in [0, 0.05) is 6.54 Å². The molecule has 0 saturated heterocycles. The topological polar surface area (TPSA) is 83.6 Å². The average molecular weight is 225 g/mol. The molecule has 15 heavy (non-hydrogen) atoms. The van der Waals surface area contributed by atoms with Crippen LogP contribution in [0.3, 0.4) is 0 Å². The molecule has 6 nitrogen and oxygen atoms in total. The molecule has 2 aromatic heterocycles. The normalized spacial score (nSPS) is 11.1. The van der Waals surface area contributed by atoms with Crippen LogP contribution >= 0.6 is 11.7 Å². The van der Waals surface area contributed by atoms with E-state index in [4.69, 9.17) is 0 Å². The van der Waals surface area contributed by atoms with Gasteiger partial charge in [0.05, 0.1) is 11.7 Å². The highest BCUT2D eigenvalue weighted by atomic mass is 32.1. The van der Waals surface area contributed by atoms with E-state index in [1.54, 1.807) is 0 Å². The van der Waals surface area contributed by atoms with Gasteiger partial charge >= 0.3 is 0 Å². The van der Waals surface area contributed by atoms with E-state index >= 15 is 0 Å². The van der Waals surface area contributed by atoms with Gasteiger partial charge in [0.15, 0.2) is 5.52 Å². The van der Waals surface area contributed by atoms with E-state index in [1.807, 2.05) is 0 Å². The van der Waals surface area contributed by atoms with Crippen LogP contribution in [0.15, 0.2) is 4.79 Å². The molecule has 2 aromatic rings. The number of H-pyrrole nitrogens is 1. The number of aromatic amines is 1. The van der Waals surface area contributed by atoms with Crippen LogP contribution in [-0.4, -0.2) is 25.3 Å². The van der Waals surface area contributed by atoms with Crippen molar-refractivity contribution < 1.29 is 0 Å². The first-order chi connectivity index (χ1) is 7.16. The minimum Gasteiger partial charge on any atom is -0.355 e. The molecule has 2 rings (SSSR count). The molecule has 0 amide bonds. The number of fused-ring (bicyclic) bond motifs is 1. The molecule has 0 aliphatic carbocycles. The van der Waals surface area contributed by atoms with Crippen molar-refractivity contribution in [3.8, 4) is 0 Å². The number of rotatable bonds is 3. The summed E-state index contributed by atoms with van der Waals surface area (Å²) in [4.78, 5) is 18.2. The van der Waals surface area contributed by atoms with Gasteiger partial charge in [-0.15, -0.1) is 0 Å². The second kappa shape index (κ2) is 3.93. The number of nitrogens with one attached hydrogen (secondary N) is 2. The SMILES string of the molecule is CC(C)CNc1nc2nsnc2c(=O)[nH]1. The van der Waals surface area contributed by atoms with Crippen LogP contribution in [0.25, 0.3) is 11.2 Å². The van der Waals surface area contributed by atoms with Gasteiger partial charge in [-0.1, -0.05) is 13.8 Å². The van der Waals surface area contributed by atoms with E-state index in [1.165, 1.54) is 0 Å². The molecule has 0 aromatic carbocycles. The van der Waals surface area contributed by atoms with E-state index in [0.29, 0.717) is 23.0 Å². The van der Waals surface area contributed by atoms with E-state index in [0.717, 1.165) is 18.3 Å². The Bertz CT molecular complexity index is 517. The Morgan fingerprint density at radius 1 is 1.47 bits per heavy atom. The smallest absolute Gasteiger partial charge is 0.281 e. The van der Waals surface area contributed by atoms with Gasteiger partial charge in [-0.05, 0) is 5.92 Å². The highest BCUT2D eigenvalue weighted by Crippen LogP contribution is 2.05. The molecule has 0 spiro atoms. The van der Waals surface area contributed by atoms with E-state index < -0.39 is 0 Å². The van der Waals surface area contributed by atoms with Crippen molar-refractivity contribution in [2.75, 3.05) is 11.9 Å². The molecule has 0 saturated carbocycles. The third-order valence-electron chi connectivity index (χ3n) is 1.81. The van der Waals surface area contributed by atoms with E-state index in [-0.39, 0.29) is 5.56 Å². The maximum absolute atomic E-state index is 11.5. The van der Waals surface area contributed by atoms with E-state index in [9.17, 15) is 4.79 Å². The van der Waals surface area contributed by atoms with Crippen molar-refractivity contribution in [2.45, 2.75) is 13.8 Å². The van der Waals surface area contributed by atoms with Gasteiger partial charge in [0.1, 0.15) is 0 Å². The van der Waals surface area contributed by atoms with Crippen molar-refractivity contribution in [3.05, 3.63) is 10.4 Å². The summed E-state index contributed by atoms with van der Waals surface area (Å²) in [7, 11) is 0. The number of aromatic nitrogens is 4. The highest BCUT2D eigenvalue weighted by Gasteiger charge is 2.07. The first kappa shape index (κ1) is 10.0. The van der Waals surface area contributed by atoms with E-state index in [2.05, 4.69) is 37.9 Å². The summed E-state index contributed by atoms with van der Waals surface area (Å²) in [5.74, 6) is 0.938. The van der Waals surface area contributed by atoms with Crippen LogP contribution in [-0.2, 0) is 0 Å². The lowest BCUT2D eigenvalue weighted by Gasteiger charge is -2.06. The molecule has 2 N–H and O–H groups in total. The summed E-state index contributed by atoms with van der Waals surface area (Å²) in [6, 6.07) is 0. The summed E-state index contributed by atoms with van der Waals surface area (Å²) in [6.07, 6.45) is 0. The molecule has 2 heterocycles. The second-order valence-corrected chi connectivity index (χ2v) is 4.15. The number of hydrogen-bond donors (Lipinski definition) is 2. The molecule has 0 atom stereocenters. The Balaban J connectivity index is 2.33. The quantitative estimate of drug-likeness (QED) is 0.808. The first-order valence-electron chi connectivity index (χ1n) is 4.63. The Hall–Kier alpha value is -1.50. The summed E-state index contributed by atoms with van der Waals surface area (Å²) in [5, 5.41) is 3.04. The minimum atomic E-state index is -0.250. The van der Waals surface area contributed by atoms with Gasteiger partial charge in [0.2, 0.25) is 11.6 Å². The van der Waals surface area contributed by atoms with Crippen molar-refractivity contribution >= 4 is 28.8 Å². The van der Waals surface area contributed by atoms with Gasteiger partial charge < -0.3 is 5.32 Å². The summed E-state index contributed by atoms with van der Waals surface area (Å²) >= 11 is 0.990. The fourth-order valence-corrected chi connectivity index (χ4v) is 1.58. The van der Waals surface area contributed by atoms with Crippen LogP contribution in [0.1, 0.15) is 13.8 Å². The molecular formula is C8H11N5OS. The lowest BCUT2D eigenvalue weighted by Crippen LogP contribution is -2.16. The van der Waals surface area contributed by atoms with Crippen LogP contribution in [0.2, 0.25) is 0 Å². The summed E-state index contributed by atoms with van der Waals surface area (Å²) < 4.78 is 7.78. The molecule has 7 heteroatoms. The van der Waals surface area contributed by atoms with Crippen molar-refractivity contribution in [3.63, 3.8) is 0 Å². The maximum atomic E-state index is 11.5. The van der Waals surface area contributed by atoms with Gasteiger partial charge in [0.25, 0.3) is 5.56 Å². The van der Waals surface area contributed by atoms with Crippen LogP contribution < -0.4 is 10.9 Å². The molecule has 0 radical (unpaired) electrons. The zero-order valence-corrected chi connectivity index (χ0v) is 9.26. The van der Waals surface area contributed by atoms with Crippen LogP contribution in [0.5, 0.6) is 0 Å². The fourth-order valence-electron chi connectivity index (χ4n) is 1.09.